The van der Waals surface area contributed by atoms with E-state index in [2.05, 4.69) is 16.7 Å². The van der Waals surface area contributed by atoms with Gasteiger partial charge in [-0.2, -0.15) is 0 Å². The van der Waals surface area contributed by atoms with Crippen LogP contribution in [0.5, 0.6) is 0 Å². The first kappa shape index (κ1) is 33.4. The number of carbonyl (C=O) groups is 2. The summed E-state index contributed by atoms with van der Waals surface area (Å²) >= 11 is 6.47. The van der Waals surface area contributed by atoms with Crippen LogP contribution in [-0.4, -0.2) is 79.8 Å². The van der Waals surface area contributed by atoms with E-state index in [1.54, 1.807) is 11.0 Å². The molecule has 2 aromatic rings. The molecule has 3 heterocycles. The van der Waals surface area contributed by atoms with Gasteiger partial charge in [0.2, 0.25) is 0 Å². The molecule has 3 saturated heterocycles. The SMILES string of the molecule is CCc1cc(C[C@@H](OC(=O)N2CCC(NCCc3ccccc3N)CC2)C(=O)N2CCC(C3CCNCC3)CC2)cc(Cl)c1N. The number of carbonyl (C=O) groups excluding carboxylic acids is 2. The number of hydrogen-bond acceptors (Lipinski definition) is 7. The summed E-state index contributed by atoms with van der Waals surface area (Å²) in [5.41, 5.74) is 16.6. The summed E-state index contributed by atoms with van der Waals surface area (Å²) in [6, 6.07) is 12.1. The van der Waals surface area contributed by atoms with Crippen LogP contribution < -0.4 is 22.1 Å². The first-order valence-electron chi connectivity index (χ1n) is 16.9. The summed E-state index contributed by atoms with van der Waals surface area (Å²) in [4.78, 5) is 31.1. The third-order valence-electron chi connectivity index (χ3n) is 10.1. The van der Waals surface area contributed by atoms with Crippen molar-refractivity contribution < 1.29 is 14.3 Å². The quantitative estimate of drug-likeness (QED) is 0.279. The van der Waals surface area contributed by atoms with Gasteiger partial charge in [0, 0.05) is 44.3 Å². The van der Waals surface area contributed by atoms with Gasteiger partial charge in [0.05, 0.1) is 10.7 Å². The molecule has 0 bridgehead atoms. The van der Waals surface area contributed by atoms with Crippen LogP contribution in [0.2, 0.25) is 5.02 Å². The van der Waals surface area contributed by atoms with Crippen LogP contribution in [0.25, 0.3) is 0 Å². The maximum atomic E-state index is 14.0. The van der Waals surface area contributed by atoms with Crippen LogP contribution in [-0.2, 0) is 28.8 Å². The summed E-state index contributed by atoms with van der Waals surface area (Å²) < 4.78 is 6.06. The van der Waals surface area contributed by atoms with Crippen molar-refractivity contribution in [2.75, 3.05) is 57.3 Å². The molecule has 10 heteroatoms. The molecule has 0 unspecified atom stereocenters. The number of hydrogen-bond donors (Lipinski definition) is 4. The number of aryl methyl sites for hydroxylation is 1. The Morgan fingerprint density at radius 1 is 0.956 bits per heavy atom. The lowest BCUT2D eigenvalue weighted by molar-refractivity contribution is -0.142. The van der Waals surface area contributed by atoms with Crippen LogP contribution in [0.1, 0.15) is 62.1 Å². The molecule has 0 radical (unpaired) electrons. The molecule has 9 nitrogen and oxygen atoms in total. The normalized spacial score (nSPS) is 19.4. The summed E-state index contributed by atoms with van der Waals surface area (Å²) in [6.07, 6.45) is 6.61. The van der Waals surface area contributed by atoms with Crippen LogP contribution >= 0.6 is 11.6 Å². The molecule has 1 atom stereocenters. The Morgan fingerprint density at radius 2 is 1.62 bits per heavy atom. The molecular formula is C35H51ClN6O3. The summed E-state index contributed by atoms with van der Waals surface area (Å²) in [5, 5.41) is 7.54. The first-order chi connectivity index (χ1) is 21.8. The van der Waals surface area contributed by atoms with Gasteiger partial charge in [0.1, 0.15) is 0 Å². The van der Waals surface area contributed by atoms with Crippen molar-refractivity contribution in [1.29, 1.82) is 0 Å². The van der Waals surface area contributed by atoms with Crippen molar-refractivity contribution in [1.82, 2.24) is 20.4 Å². The minimum absolute atomic E-state index is 0.116. The van der Waals surface area contributed by atoms with Crippen molar-refractivity contribution in [2.45, 2.75) is 76.9 Å². The van der Waals surface area contributed by atoms with Crippen molar-refractivity contribution in [2.24, 2.45) is 11.8 Å². The van der Waals surface area contributed by atoms with Gasteiger partial charge in [0.15, 0.2) is 6.10 Å². The molecule has 2 aromatic carbocycles. The Morgan fingerprint density at radius 3 is 2.31 bits per heavy atom. The van der Waals surface area contributed by atoms with Gasteiger partial charge in [-0.3, -0.25) is 4.79 Å². The summed E-state index contributed by atoms with van der Waals surface area (Å²) in [5.74, 6) is 1.27. The number of likely N-dealkylation sites (tertiary alicyclic amines) is 2. The lowest BCUT2D eigenvalue weighted by Gasteiger charge is -2.39. The van der Waals surface area contributed by atoms with E-state index < -0.39 is 12.2 Å². The van der Waals surface area contributed by atoms with Crippen molar-refractivity contribution in [3.63, 3.8) is 0 Å². The number of nitrogens with zero attached hydrogens (tertiary/aromatic N) is 2. The lowest BCUT2D eigenvalue weighted by atomic mass is 9.79. The average molecular weight is 639 g/mol. The molecule has 0 saturated carbocycles. The zero-order valence-corrected chi connectivity index (χ0v) is 27.5. The summed E-state index contributed by atoms with van der Waals surface area (Å²) in [6.45, 7) is 7.60. The largest absolute Gasteiger partial charge is 0.436 e. The van der Waals surface area contributed by atoms with E-state index in [4.69, 9.17) is 27.8 Å². The molecule has 6 N–H and O–H groups in total. The molecule has 3 aliphatic rings. The van der Waals surface area contributed by atoms with E-state index in [0.29, 0.717) is 48.8 Å². The molecule has 246 valence electrons. The minimum Gasteiger partial charge on any atom is -0.436 e. The number of benzene rings is 2. The van der Waals surface area contributed by atoms with Gasteiger partial charge in [0.25, 0.3) is 5.91 Å². The monoisotopic (exact) mass is 638 g/mol. The van der Waals surface area contributed by atoms with E-state index in [-0.39, 0.29) is 12.3 Å². The van der Waals surface area contributed by atoms with Crippen LogP contribution in [0, 0.1) is 11.8 Å². The third kappa shape index (κ3) is 8.83. The molecule has 3 fully saturated rings. The maximum Gasteiger partial charge on any atom is 0.410 e. The van der Waals surface area contributed by atoms with Crippen molar-refractivity contribution in [3.05, 3.63) is 58.1 Å². The van der Waals surface area contributed by atoms with Gasteiger partial charge in [-0.25, -0.2) is 4.79 Å². The van der Waals surface area contributed by atoms with Gasteiger partial charge in [-0.1, -0.05) is 42.8 Å². The van der Waals surface area contributed by atoms with Crippen LogP contribution in [0.3, 0.4) is 0 Å². The molecule has 0 aliphatic carbocycles. The second-order valence-electron chi connectivity index (χ2n) is 13.0. The highest BCUT2D eigenvalue weighted by Gasteiger charge is 2.35. The predicted octanol–water partition coefficient (Wildman–Crippen LogP) is 4.65. The second-order valence-corrected chi connectivity index (χ2v) is 13.4. The molecule has 0 aromatic heterocycles. The smallest absolute Gasteiger partial charge is 0.410 e. The Balaban J connectivity index is 1.18. The molecule has 2 amide bonds. The lowest BCUT2D eigenvalue weighted by Crippen LogP contribution is -2.50. The molecule has 5 rings (SSSR count). The number of halogens is 1. The van der Waals surface area contributed by atoms with Gasteiger partial charge in [-0.05, 0) is 112 Å². The van der Waals surface area contributed by atoms with E-state index in [0.717, 1.165) is 86.5 Å². The second kappa shape index (κ2) is 16.0. The molecular weight excluding hydrogens is 588 g/mol. The highest BCUT2D eigenvalue weighted by Crippen LogP contribution is 2.32. The van der Waals surface area contributed by atoms with Gasteiger partial charge in [-0.15, -0.1) is 0 Å². The topological polar surface area (TPSA) is 126 Å². The highest BCUT2D eigenvalue weighted by molar-refractivity contribution is 6.33. The fraction of sp³-hybridized carbons (Fsp3) is 0.600. The highest BCUT2D eigenvalue weighted by atomic mass is 35.5. The van der Waals surface area contributed by atoms with E-state index >= 15 is 0 Å². The van der Waals surface area contributed by atoms with Gasteiger partial charge >= 0.3 is 6.09 Å². The number of rotatable bonds is 10. The third-order valence-corrected chi connectivity index (χ3v) is 10.4. The van der Waals surface area contributed by atoms with Gasteiger partial charge < -0.3 is 36.6 Å². The minimum atomic E-state index is -0.912. The number of ether oxygens (including phenoxy) is 1. The number of anilines is 2. The van der Waals surface area contributed by atoms with Crippen molar-refractivity contribution >= 4 is 35.0 Å². The Labute approximate surface area is 273 Å². The fourth-order valence-corrected chi connectivity index (χ4v) is 7.55. The van der Waals surface area contributed by atoms with E-state index in [1.807, 2.05) is 36.1 Å². The molecule has 45 heavy (non-hydrogen) atoms. The zero-order valence-electron chi connectivity index (χ0n) is 26.7. The molecule has 0 spiro atoms. The first-order valence-corrected chi connectivity index (χ1v) is 17.3. The van der Waals surface area contributed by atoms with Crippen LogP contribution in [0.4, 0.5) is 16.2 Å². The number of amides is 2. The predicted molar refractivity (Wildman–Crippen MR) is 181 cm³/mol. The Hall–Kier alpha value is -3.01. The number of nitrogen functional groups attached to an aromatic ring is 2. The maximum absolute atomic E-state index is 14.0. The number of nitrogens with one attached hydrogen (secondary N) is 2. The Kier molecular flexibility index (Phi) is 11.9. The van der Waals surface area contributed by atoms with Crippen LogP contribution in [0.15, 0.2) is 36.4 Å². The number of para-hydroxylation sites is 1. The number of nitrogens with two attached hydrogens (primary N) is 2. The molecule has 3 aliphatic heterocycles. The zero-order chi connectivity index (χ0) is 31.8. The summed E-state index contributed by atoms with van der Waals surface area (Å²) in [7, 11) is 0. The number of piperidine rings is 3. The van der Waals surface area contributed by atoms with Crippen molar-refractivity contribution in [3.8, 4) is 0 Å². The Bertz CT molecular complexity index is 1290. The fourth-order valence-electron chi connectivity index (χ4n) is 7.29. The standard InChI is InChI=1S/C35H51ClN6O3/c1-2-25-21-24(22-30(36)33(25)38)23-32(34(43)41-17-10-27(11-18-41)26-7-14-39-15-8-26)45-35(44)42-19-12-29(13-20-42)40-16-9-28-5-3-4-6-31(28)37/h3-6,21-22,26-27,29,32,39-40H,2,7-20,23,37-38H2,1H3/t32-/m1/s1. The van der Waals surface area contributed by atoms with E-state index in [9.17, 15) is 9.59 Å². The average Bonchev–Trinajstić information content (AvgIpc) is 3.07. The van der Waals surface area contributed by atoms with E-state index in [1.165, 1.54) is 12.8 Å².